The van der Waals surface area contributed by atoms with Crippen molar-refractivity contribution in [1.82, 2.24) is 20.0 Å². The maximum Gasteiger partial charge on any atom is 0.410 e. The minimum absolute atomic E-state index is 0.0251. The number of cyclic esters (lactones) is 1. The average molecular weight is 687 g/mol. The second kappa shape index (κ2) is 18.9. The number of hydrogen-bond acceptors (Lipinski definition) is 8. The maximum absolute atomic E-state index is 13.4. The fraction of sp³-hybridized carbons (Fsp3) is 0.763. The van der Waals surface area contributed by atoms with E-state index < -0.39 is 36.0 Å². The number of carbonyl (C=O) groups excluding carboxylic acids is 3. The van der Waals surface area contributed by atoms with E-state index in [-0.39, 0.29) is 37.1 Å². The van der Waals surface area contributed by atoms with E-state index in [0.717, 1.165) is 44.6 Å². The number of allylic oxidation sites excluding steroid dienone is 2. The van der Waals surface area contributed by atoms with Crippen molar-refractivity contribution in [3.05, 3.63) is 36.0 Å². The summed E-state index contributed by atoms with van der Waals surface area (Å²) in [6.45, 7) is 12.4. The van der Waals surface area contributed by atoms with Gasteiger partial charge in [-0.15, -0.1) is 0 Å². The largest absolute Gasteiger partial charge is 0.457 e. The monoisotopic (exact) mass is 686 g/mol. The average Bonchev–Trinajstić information content (AvgIpc) is 3.49. The summed E-state index contributed by atoms with van der Waals surface area (Å²) in [4.78, 5) is 44.7. The summed E-state index contributed by atoms with van der Waals surface area (Å²) < 4.78 is 11.9. The van der Waals surface area contributed by atoms with Crippen LogP contribution in [-0.2, 0) is 14.3 Å². The van der Waals surface area contributed by atoms with Crippen LogP contribution in [0.1, 0.15) is 98.3 Å². The summed E-state index contributed by atoms with van der Waals surface area (Å²) in [6.07, 6.45) is 16.1. The van der Waals surface area contributed by atoms with E-state index in [4.69, 9.17) is 9.47 Å². The molecule has 49 heavy (non-hydrogen) atoms. The molecule has 11 heteroatoms. The molecule has 4 aliphatic rings. The van der Waals surface area contributed by atoms with Gasteiger partial charge in [0.25, 0.3) is 0 Å². The van der Waals surface area contributed by atoms with Crippen molar-refractivity contribution in [3.8, 4) is 0 Å². The minimum Gasteiger partial charge on any atom is -0.457 e. The number of aliphatic hydroxyl groups is 2. The van der Waals surface area contributed by atoms with Gasteiger partial charge in [-0.3, -0.25) is 9.69 Å². The molecule has 3 N–H and O–H groups in total. The van der Waals surface area contributed by atoms with Crippen molar-refractivity contribution in [2.75, 3.05) is 45.8 Å². The Hall–Kier alpha value is -2.89. The first-order valence-corrected chi connectivity index (χ1v) is 18.8. The Morgan fingerprint density at radius 3 is 2.37 bits per heavy atom. The van der Waals surface area contributed by atoms with Gasteiger partial charge in [0.05, 0.1) is 12.5 Å². The number of carbonyl (C=O) groups is 3. The van der Waals surface area contributed by atoms with E-state index in [9.17, 15) is 24.6 Å². The van der Waals surface area contributed by atoms with Crippen LogP contribution in [0.2, 0.25) is 0 Å². The van der Waals surface area contributed by atoms with Gasteiger partial charge in [-0.1, -0.05) is 63.8 Å². The summed E-state index contributed by atoms with van der Waals surface area (Å²) >= 11 is 0. The van der Waals surface area contributed by atoms with Gasteiger partial charge < -0.3 is 34.8 Å². The van der Waals surface area contributed by atoms with E-state index in [1.165, 1.54) is 38.5 Å². The van der Waals surface area contributed by atoms with Gasteiger partial charge in [-0.25, -0.2) is 9.59 Å². The predicted molar refractivity (Wildman–Crippen MR) is 190 cm³/mol. The molecule has 11 nitrogen and oxygen atoms in total. The van der Waals surface area contributed by atoms with Crippen molar-refractivity contribution >= 4 is 18.1 Å². The van der Waals surface area contributed by atoms with Gasteiger partial charge in [0.1, 0.15) is 11.7 Å². The number of esters is 1. The number of piperazine rings is 1. The van der Waals surface area contributed by atoms with Crippen molar-refractivity contribution in [3.63, 3.8) is 0 Å². The molecular weight excluding hydrogens is 624 g/mol. The molecule has 3 aliphatic heterocycles. The third kappa shape index (κ3) is 12.1. The van der Waals surface area contributed by atoms with Crippen molar-refractivity contribution in [2.45, 2.75) is 128 Å². The lowest BCUT2D eigenvalue weighted by Gasteiger charge is -2.40. The minimum atomic E-state index is -1.46. The van der Waals surface area contributed by atoms with Crippen LogP contribution in [0.4, 0.5) is 9.59 Å². The number of urea groups is 1. The first-order chi connectivity index (χ1) is 23.4. The smallest absolute Gasteiger partial charge is 0.410 e. The number of likely N-dealkylation sites (tertiary alicyclic amines) is 1. The molecule has 0 spiro atoms. The van der Waals surface area contributed by atoms with Crippen LogP contribution in [0, 0.1) is 11.8 Å². The molecule has 6 atom stereocenters. The molecule has 0 radical (unpaired) electrons. The highest BCUT2D eigenvalue weighted by molar-refractivity contribution is 5.74. The van der Waals surface area contributed by atoms with E-state index in [2.05, 4.69) is 10.2 Å². The molecule has 4 rings (SSSR count). The standard InChI is InChI=1S/C38H62N4O7/c1-28(27-39-36(45)41-20-9-10-21-41)12-11-13-29(2)35-30(3)16-17-33(38(4,47)19-18-32(43)26-34(44)49-35)48-37(46)42-24-22-40(23-25-42)31-14-7-5-6-8-15-31/h11-13,16-17,28,30-33,35,43,47H,5-10,14-15,18-27H2,1-4H3,(H,39,45)/b12-11+,17-16+,29-13+/t28-,30+,32-,33+,35-,38-/m1/s1. The van der Waals surface area contributed by atoms with E-state index in [1.54, 1.807) is 17.9 Å². The molecule has 276 valence electrons. The first kappa shape index (κ1) is 38.9. The summed E-state index contributed by atoms with van der Waals surface area (Å²) in [5.74, 6) is -0.736. The van der Waals surface area contributed by atoms with Gasteiger partial charge in [-0.05, 0) is 69.9 Å². The molecule has 3 amide bonds. The number of hydrogen-bond donors (Lipinski definition) is 3. The summed E-state index contributed by atoms with van der Waals surface area (Å²) in [7, 11) is 0. The number of aliphatic hydroxyl groups excluding tert-OH is 1. The zero-order valence-corrected chi connectivity index (χ0v) is 30.4. The molecule has 1 saturated carbocycles. The van der Waals surface area contributed by atoms with Crippen LogP contribution < -0.4 is 5.32 Å². The lowest BCUT2D eigenvalue weighted by atomic mass is 9.89. The second-order valence-electron chi connectivity index (χ2n) is 15.0. The van der Waals surface area contributed by atoms with Gasteiger partial charge in [-0.2, -0.15) is 0 Å². The van der Waals surface area contributed by atoms with E-state index >= 15 is 0 Å². The molecule has 0 aromatic carbocycles. The van der Waals surface area contributed by atoms with Gasteiger partial charge >= 0.3 is 18.1 Å². The molecule has 0 unspecified atom stereocenters. The second-order valence-corrected chi connectivity index (χ2v) is 15.0. The number of nitrogens with zero attached hydrogens (tertiary/aromatic N) is 3. The molecule has 1 aliphatic carbocycles. The molecule has 0 aromatic heterocycles. The molecule has 3 fully saturated rings. The number of amides is 3. The topological polar surface area (TPSA) is 132 Å². The fourth-order valence-electron chi connectivity index (χ4n) is 7.37. The Bertz CT molecular complexity index is 1160. The zero-order chi connectivity index (χ0) is 35.4. The van der Waals surface area contributed by atoms with Crippen LogP contribution in [0.5, 0.6) is 0 Å². The highest BCUT2D eigenvalue weighted by Gasteiger charge is 2.37. The van der Waals surface area contributed by atoms with Crippen LogP contribution >= 0.6 is 0 Å². The predicted octanol–water partition coefficient (Wildman–Crippen LogP) is 5.18. The van der Waals surface area contributed by atoms with Gasteiger partial charge in [0, 0.05) is 57.8 Å². The Morgan fingerprint density at radius 2 is 1.69 bits per heavy atom. The summed E-state index contributed by atoms with van der Waals surface area (Å²) in [5.41, 5.74) is -0.657. The van der Waals surface area contributed by atoms with E-state index in [0.29, 0.717) is 25.7 Å². The summed E-state index contributed by atoms with van der Waals surface area (Å²) in [5, 5.41) is 25.2. The lowest BCUT2D eigenvalue weighted by Crippen LogP contribution is -2.53. The Morgan fingerprint density at radius 1 is 1.02 bits per heavy atom. The normalized spacial score (nSPS) is 31.7. The Balaban J connectivity index is 1.40. The number of nitrogens with one attached hydrogen (secondary N) is 1. The molecule has 2 saturated heterocycles. The highest BCUT2D eigenvalue weighted by atomic mass is 16.6. The molecule has 0 aromatic rings. The van der Waals surface area contributed by atoms with Crippen LogP contribution in [-0.4, -0.2) is 119 Å². The summed E-state index contributed by atoms with van der Waals surface area (Å²) in [6, 6.07) is 0.567. The molecular formula is C38H62N4O7. The van der Waals surface area contributed by atoms with Crippen molar-refractivity contribution < 1.29 is 34.1 Å². The van der Waals surface area contributed by atoms with Gasteiger partial charge in [0.2, 0.25) is 0 Å². The number of rotatable bonds is 7. The maximum atomic E-state index is 13.4. The third-order valence-corrected chi connectivity index (χ3v) is 10.7. The molecule has 3 heterocycles. The third-order valence-electron chi connectivity index (χ3n) is 10.7. The number of ether oxygens (including phenoxy) is 2. The Labute approximate surface area is 293 Å². The van der Waals surface area contributed by atoms with Crippen molar-refractivity contribution in [1.29, 1.82) is 0 Å². The molecule has 0 bridgehead atoms. The van der Waals surface area contributed by atoms with E-state index in [1.807, 2.05) is 50.0 Å². The van der Waals surface area contributed by atoms with Crippen molar-refractivity contribution in [2.24, 2.45) is 11.8 Å². The first-order valence-electron chi connectivity index (χ1n) is 18.8. The van der Waals surface area contributed by atoms with Crippen LogP contribution in [0.3, 0.4) is 0 Å². The Kier molecular flexibility index (Phi) is 15.0. The SMILES string of the molecule is C/C(=C\C=C\[C@@H](C)CNC(=O)N1CCCC1)[C@H]1OC(=O)C[C@H](O)CC[C@@](C)(O)[C@@H](OC(=O)N2CCN(C3CCCCCC3)CC2)/C=C/[C@@H]1C. The van der Waals surface area contributed by atoms with Crippen LogP contribution in [0.25, 0.3) is 0 Å². The quantitative estimate of drug-likeness (QED) is 0.145. The lowest BCUT2D eigenvalue weighted by molar-refractivity contribution is -0.151. The highest BCUT2D eigenvalue weighted by Crippen LogP contribution is 2.28. The van der Waals surface area contributed by atoms with Gasteiger partial charge in [0.15, 0.2) is 6.10 Å². The fourth-order valence-corrected chi connectivity index (χ4v) is 7.37. The van der Waals surface area contributed by atoms with Crippen LogP contribution in [0.15, 0.2) is 36.0 Å². The zero-order valence-electron chi connectivity index (χ0n) is 30.4.